The van der Waals surface area contributed by atoms with Gasteiger partial charge in [-0.3, -0.25) is 4.79 Å². The number of hydrogen-bond donors (Lipinski definition) is 2. The number of nitrogens with zero attached hydrogens (tertiary/aromatic N) is 4. The molecule has 3 rings (SSSR count). The van der Waals surface area contributed by atoms with Gasteiger partial charge in [-0.05, 0) is 18.6 Å². The smallest absolute Gasteiger partial charge is 0.335 e. The maximum Gasteiger partial charge on any atom is 0.453 e. The fourth-order valence-corrected chi connectivity index (χ4v) is 2.85. The van der Waals surface area contributed by atoms with E-state index in [2.05, 4.69) is 20.2 Å². The summed E-state index contributed by atoms with van der Waals surface area (Å²) < 4.78 is 38.2. The molecule has 0 fully saturated rings. The summed E-state index contributed by atoms with van der Waals surface area (Å²) in [5, 5.41) is 6.76. The van der Waals surface area contributed by atoms with Crippen molar-refractivity contribution >= 4 is 22.7 Å². The average Bonchev–Trinajstić information content (AvgIpc) is 2.87. The van der Waals surface area contributed by atoms with Gasteiger partial charge in [0.1, 0.15) is 5.82 Å². The number of H-pyrrole nitrogens is 1. The van der Waals surface area contributed by atoms with Crippen molar-refractivity contribution in [3.63, 3.8) is 0 Å². The van der Waals surface area contributed by atoms with Crippen molar-refractivity contribution in [1.29, 1.82) is 0 Å². The second-order valence-electron chi connectivity index (χ2n) is 4.95. The van der Waals surface area contributed by atoms with E-state index >= 15 is 0 Å². The molecule has 0 bridgehead atoms. The van der Waals surface area contributed by atoms with Crippen molar-refractivity contribution in [3.05, 3.63) is 45.8 Å². The number of aromatic nitrogens is 5. The molecule has 11 heteroatoms. The number of aryl methyl sites for hydroxylation is 1. The number of para-hydroxylation sites is 1. The quantitative estimate of drug-likeness (QED) is 0.548. The molecule has 0 unspecified atom stereocenters. The third kappa shape index (κ3) is 2.94. The van der Waals surface area contributed by atoms with E-state index in [1.54, 1.807) is 12.1 Å². The molecule has 2 aromatic heterocycles. The van der Waals surface area contributed by atoms with E-state index in [1.807, 2.05) is 13.0 Å². The van der Waals surface area contributed by atoms with Crippen molar-refractivity contribution in [2.75, 3.05) is 5.84 Å². The first-order valence-electron chi connectivity index (χ1n) is 6.66. The Hall–Kier alpha value is -2.56. The molecule has 0 atom stereocenters. The summed E-state index contributed by atoms with van der Waals surface area (Å²) in [5.41, 5.74) is 1.05. The minimum absolute atomic E-state index is 0.0900. The highest BCUT2D eigenvalue weighted by molar-refractivity contribution is 7.98. The van der Waals surface area contributed by atoms with Gasteiger partial charge in [-0.25, -0.2) is 9.66 Å². The van der Waals surface area contributed by atoms with Crippen LogP contribution >= 0.6 is 11.8 Å². The van der Waals surface area contributed by atoms with Gasteiger partial charge in [0, 0.05) is 0 Å². The van der Waals surface area contributed by atoms with E-state index in [9.17, 15) is 18.0 Å². The molecule has 7 nitrogen and oxygen atoms in total. The zero-order valence-corrected chi connectivity index (χ0v) is 13.1. The lowest BCUT2D eigenvalue weighted by atomic mass is 10.1. The Kier molecular flexibility index (Phi) is 3.95. The highest BCUT2D eigenvalue weighted by Crippen LogP contribution is 2.29. The maximum absolute atomic E-state index is 12.6. The second kappa shape index (κ2) is 5.82. The van der Waals surface area contributed by atoms with Crippen LogP contribution in [0.2, 0.25) is 0 Å². The van der Waals surface area contributed by atoms with Crippen LogP contribution in [0, 0.1) is 6.92 Å². The minimum Gasteiger partial charge on any atom is -0.335 e. The van der Waals surface area contributed by atoms with Gasteiger partial charge in [0.15, 0.2) is 0 Å². The molecule has 126 valence electrons. The number of fused-ring (bicyclic) bond motifs is 1. The molecular formula is C13H11F3N6OS. The SMILES string of the molecule is Cc1cccc2c(=O)[nH]c(CSc3nnc(C(F)(F)F)n3N)nc12. The van der Waals surface area contributed by atoms with Crippen LogP contribution in [0.15, 0.2) is 28.2 Å². The zero-order chi connectivity index (χ0) is 17.5. The second-order valence-corrected chi connectivity index (χ2v) is 5.89. The number of nitrogen functional groups attached to an aromatic ring is 1. The number of nitrogens with one attached hydrogen (secondary N) is 1. The Labute approximate surface area is 137 Å². The number of thioether (sulfide) groups is 1. The lowest BCUT2D eigenvalue weighted by Crippen LogP contribution is -2.21. The van der Waals surface area contributed by atoms with Crippen LogP contribution in [0.3, 0.4) is 0 Å². The third-order valence-corrected chi connectivity index (χ3v) is 4.20. The fraction of sp³-hybridized carbons (Fsp3) is 0.231. The first-order valence-corrected chi connectivity index (χ1v) is 7.65. The topological polar surface area (TPSA) is 102 Å². The van der Waals surface area contributed by atoms with Crippen LogP contribution < -0.4 is 11.4 Å². The summed E-state index contributed by atoms with van der Waals surface area (Å²) in [7, 11) is 0. The minimum atomic E-state index is -4.69. The van der Waals surface area contributed by atoms with E-state index in [4.69, 9.17) is 5.84 Å². The first-order chi connectivity index (χ1) is 11.3. The number of nitrogens with two attached hydrogens (primary N) is 1. The fourth-order valence-electron chi connectivity index (χ4n) is 2.12. The molecule has 0 aliphatic carbocycles. The Balaban J connectivity index is 1.88. The molecule has 24 heavy (non-hydrogen) atoms. The molecule has 0 amide bonds. The Bertz CT molecular complexity index is 964. The summed E-state index contributed by atoms with van der Waals surface area (Å²) in [4.78, 5) is 19.0. The standard InChI is InChI=1S/C13H11F3N6OS/c1-6-3-2-4-7-9(6)18-8(19-10(7)23)5-24-12-21-20-11(22(12)17)13(14,15)16/h2-4H,5,17H2,1H3,(H,18,19,23). The molecule has 0 saturated carbocycles. The molecule has 0 spiro atoms. The molecule has 0 aliphatic rings. The normalized spacial score (nSPS) is 12.0. The molecule has 2 heterocycles. The van der Waals surface area contributed by atoms with E-state index < -0.39 is 12.0 Å². The lowest BCUT2D eigenvalue weighted by molar-refractivity contribution is -0.146. The predicted molar refractivity (Wildman–Crippen MR) is 81.8 cm³/mol. The maximum atomic E-state index is 12.6. The zero-order valence-electron chi connectivity index (χ0n) is 12.3. The molecule has 1 aromatic carbocycles. The van der Waals surface area contributed by atoms with Crippen molar-refractivity contribution in [2.45, 2.75) is 24.0 Å². The van der Waals surface area contributed by atoms with Gasteiger partial charge in [-0.2, -0.15) is 13.2 Å². The van der Waals surface area contributed by atoms with Gasteiger partial charge in [0.25, 0.3) is 11.4 Å². The molecule has 0 radical (unpaired) electrons. The van der Waals surface area contributed by atoms with Gasteiger partial charge in [-0.15, -0.1) is 10.2 Å². The van der Waals surface area contributed by atoms with Crippen LogP contribution in [0.1, 0.15) is 17.2 Å². The van der Waals surface area contributed by atoms with Crippen LogP contribution in [0.25, 0.3) is 10.9 Å². The Morgan fingerprint density at radius 2 is 2.08 bits per heavy atom. The van der Waals surface area contributed by atoms with E-state index in [0.29, 0.717) is 21.4 Å². The monoisotopic (exact) mass is 356 g/mol. The van der Waals surface area contributed by atoms with Gasteiger partial charge >= 0.3 is 6.18 Å². The lowest BCUT2D eigenvalue weighted by Gasteiger charge is -2.06. The number of rotatable bonds is 3. The van der Waals surface area contributed by atoms with Crippen LogP contribution in [-0.4, -0.2) is 24.8 Å². The summed E-state index contributed by atoms with van der Waals surface area (Å²) in [6, 6.07) is 5.22. The van der Waals surface area contributed by atoms with Crippen molar-refractivity contribution in [1.82, 2.24) is 24.8 Å². The highest BCUT2D eigenvalue weighted by atomic mass is 32.2. The van der Waals surface area contributed by atoms with E-state index in [1.165, 1.54) is 0 Å². The Morgan fingerprint density at radius 3 is 2.75 bits per heavy atom. The third-order valence-electron chi connectivity index (χ3n) is 3.24. The molecule has 0 aliphatic heterocycles. The number of alkyl halides is 3. The van der Waals surface area contributed by atoms with E-state index in [0.717, 1.165) is 17.3 Å². The van der Waals surface area contributed by atoms with Crippen molar-refractivity contribution in [2.24, 2.45) is 0 Å². The van der Waals surface area contributed by atoms with Crippen molar-refractivity contribution < 1.29 is 13.2 Å². The largest absolute Gasteiger partial charge is 0.453 e. The summed E-state index contributed by atoms with van der Waals surface area (Å²) in [6.07, 6.45) is -4.69. The van der Waals surface area contributed by atoms with Crippen LogP contribution in [0.5, 0.6) is 0 Å². The number of halogens is 3. The first kappa shape index (κ1) is 16.3. The van der Waals surface area contributed by atoms with Crippen molar-refractivity contribution in [3.8, 4) is 0 Å². The number of benzene rings is 1. The van der Waals surface area contributed by atoms with Gasteiger partial charge < -0.3 is 10.8 Å². The van der Waals surface area contributed by atoms with E-state index in [-0.39, 0.29) is 16.5 Å². The molecular weight excluding hydrogens is 345 g/mol. The summed E-state index contributed by atoms with van der Waals surface area (Å²) >= 11 is 0.892. The number of aromatic amines is 1. The highest BCUT2D eigenvalue weighted by Gasteiger charge is 2.38. The molecule has 3 aromatic rings. The summed E-state index contributed by atoms with van der Waals surface area (Å²) in [6.45, 7) is 1.82. The average molecular weight is 356 g/mol. The van der Waals surface area contributed by atoms with Gasteiger partial charge in [-0.1, -0.05) is 23.9 Å². The molecule has 0 saturated heterocycles. The predicted octanol–water partition coefficient (Wildman–Crippen LogP) is 1.85. The van der Waals surface area contributed by atoms with Crippen LogP contribution in [0.4, 0.5) is 13.2 Å². The summed E-state index contributed by atoms with van der Waals surface area (Å²) in [5.74, 6) is 4.46. The van der Waals surface area contributed by atoms with Crippen LogP contribution in [-0.2, 0) is 11.9 Å². The molecule has 3 N–H and O–H groups in total. The number of hydrogen-bond acceptors (Lipinski definition) is 6. The van der Waals surface area contributed by atoms with Gasteiger partial charge in [0.05, 0.1) is 16.7 Å². The van der Waals surface area contributed by atoms with Gasteiger partial charge in [0.2, 0.25) is 5.16 Å². The Morgan fingerprint density at radius 1 is 1.33 bits per heavy atom.